The van der Waals surface area contributed by atoms with Crippen LogP contribution in [0.3, 0.4) is 0 Å². The van der Waals surface area contributed by atoms with Gasteiger partial charge in [-0.15, -0.1) is 10.2 Å². The molecule has 3 aliphatic rings. The monoisotopic (exact) mass is 374 g/mol. The zero-order chi connectivity index (χ0) is 18.9. The summed E-state index contributed by atoms with van der Waals surface area (Å²) < 4.78 is 0. The molecule has 4 heterocycles. The van der Waals surface area contributed by atoms with Crippen LogP contribution in [-0.4, -0.2) is 59.4 Å². The van der Waals surface area contributed by atoms with Crippen molar-refractivity contribution in [1.82, 2.24) is 20.4 Å². The van der Waals surface area contributed by atoms with Gasteiger partial charge in [0.1, 0.15) is 6.07 Å². The largest absolute Gasteiger partial charge is 0.351 e. The van der Waals surface area contributed by atoms with E-state index in [1.165, 1.54) is 25.7 Å². The summed E-state index contributed by atoms with van der Waals surface area (Å²) in [6, 6.07) is 16.3. The van der Waals surface area contributed by atoms with E-state index in [-0.39, 0.29) is 0 Å². The van der Waals surface area contributed by atoms with Gasteiger partial charge in [-0.05, 0) is 31.7 Å². The number of fused-ring (bicyclic) bond motifs is 2. The van der Waals surface area contributed by atoms with Crippen LogP contribution in [0.1, 0.15) is 31.2 Å². The average molecular weight is 374 g/mol. The van der Waals surface area contributed by atoms with Crippen molar-refractivity contribution in [1.29, 1.82) is 5.26 Å². The van der Waals surface area contributed by atoms with E-state index in [1.807, 2.05) is 36.4 Å². The summed E-state index contributed by atoms with van der Waals surface area (Å²) in [5.41, 5.74) is 2.36. The molecule has 3 fully saturated rings. The smallest absolute Gasteiger partial charge is 0.169 e. The van der Waals surface area contributed by atoms with Gasteiger partial charge in [-0.3, -0.25) is 4.90 Å². The zero-order valence-electron chi connectivity index (χ0n) is 16.1. The van der Waals surface area contributed by atoms with Crippen molar-refractivity contribution in [3.63, 3.8) is 0 Å². The van der Waals surface area contributed by atoms with Gasteiger partial charge in [-0.2, -0.15) is 5.26 Å². The molecule has 5 rings (SSSR count). The first-order valence-electron chi connectivity index (χ1n) is 10.4. The van der Waals surface area contributed by atoms with E-state index >= 15 is 0 Å². The number of piperidine rings is 1. The Morgan fingerprint density at radius 1 is 0.964 bits per heavy atom. The van der Waals surface area contributed by atoms with Crippen molar-refractivity contribution in [2.24, 2.45) is 0 Å². The van der Waals surface area contributed by atoms with Gasteiger partial charge in [0, 0.05) is 49.9 Å². The fourth-order valence-corrected chi connectivity index (χ4v) is 5.08. The van der Waals surface area contributed by atoms with Crippen LogP contribution in [-0.2, 0) is 0 Å². The number of nitrogens with one attached hydrogen (secondary N) is 1. The fourth-order valence-electron chi connectivity index (χ4n) is 5.08. The molecule has 144 valence electrons. The summed E-state index contributed by atoms with van der Waals surface area (Å²) in [7, 11) is 0. The van der Waals surface area contributed by atoms with Gasteiger partial charge >= 0.3 is 0 Å². The molecule has 28 heavy (non-hydrogen) atoms. The summed E-state index contributed by atoms with van der Waals surface area (Å²) in [6.07, 6.45) is 5.25. The highest BCUT2D eigenvalue weighted by Gasteiger charge is 2.37. The van der Waals surface area contributed by atoms with Gasteiger partial charge < -0.3 is 10.2 Å². The van der Waals surface area contributed by atoms with Crippen LogP contribution in [0.2, 0.25) is 0 Å². The molecule has 1 aromatic carbocycles. The van der Waals surface area contributed by atoms with E-state index in [4.69, 9.17) is 0 Å². The molecule has 0 spiro atoms. The quantitative estimate of drug-likeness (QED) is 0.890. The number of rotatable bonds is 3. The minimum absolute atomic E-state index is 0.613. The average Bonchev–Trinajstić information content (AvgIpc) is 3.11. The Bertz CT molecular complexity index is 856. The van der Waals surface area contributed by atoms with Crippen molar-refractivity contribution in [3.8, 4) is 17.3 Å². The van der Waals surface area contributed by atoms with Crippen LogP contribution in [0.4, 0.5) is 5.82 Å². The van der Waals surface area contributed by atoms with Crippen LogP contribution in [0.25, 0.3) is 11.3 Å². The summed E-state index contributed by atoms with van der Waals surface area (Å²) in [6.45, 7) is 3.90. The molecule has 0 amide bonds. The molecule has 2 bridgehead atoms. The van der Waals surface area contributed by atoms with Crippen molar-refractivity contribution >= 4 is 5.82 Å². The normalized spacial score (nSPS) is 27.5. The van der Waals surface area contributed by atoms with Crippen LogP contribution < -0.4 is 10.2 Å². The predicted octanol–water partition coefficient (Wildman–Crippen LogP) is 2.42. The Kier molecular flexibility index (Phi) is 4.71. The van der Waals surface area contributed by atoms with Gasteiger partial charge in [0.05, 0.1) is 11.3 Å². The second-order valence-corrected chi connectivity index (χ2v) is 8.23. The minimum atomic E-state index is 0.613. The number of piperazine rings is 1. The maximum Gasteiger partial charge on any atom is 0.169 e. The number of hydrogen-bond donors (Lipinski definition) is 1. The van der Waals surface area contributed by atoms with E-state index in [0.29, 0.717) is 11.6 Å². The Hall–Kier alpha value is -2.49. The summed E-state index contributed by atoms with van der Waals surface area (Å²) in [5, 5.41) is 22.3. The number of aromatic nitrogens is 2. The van der Waals surface area contributed by atoms with Gasteiger partial charge in [0.25, 0.3) is 0 Å². The molecule has 0 aliphatic carbocycles. The first-order valence-corrected chi connectivity index (χ1v) is 10.4. The topological polar surface area (TPSA) is 68.1 Å². The van der Waals surface area contributed by atoms with Gasteiger partial charge in [-0.25, -0.2) is 0 Å². The van der Waals surface area contributed by atoms with Gasteiger partial charge in [0.15, 0.2) is 5.82 Å². The molecule has 2 aromatic rings. The first-order chi connectivity index (χ1) is 13.8. The van der Waals surface area contributed by atoms with Crippen molar-refractivity contribution in [2.75, 3.05) is 31.1 Å². The fraction of sp³-hybridized carbons (Fsp3) is 0.500. The molecular formula is C22H26N6. The molecule has 1 N–H and O–H groups in total. The highest BCUT2D eigenvalue weighted by Crippen LogP contribution is 2.31. The molecule has 0 saturated carbocycles. The molecule has 6 nitrogen and oxygen atoms in total. The second kappa shape index (κ2) is 7.50. The van der Waals surface area contributed by atoms with E-state index < -0.39 is 0 Å². The maximum atomic E-state index is 9.68. The van der Waals surface area contributed by atoms with Crippen LogP contribution in [0, 0.1) is 11.3 Å². The van der Waals surface area contributed by atoms with Crippen LogP contribution in [0.15, 0.2) is 36.4 Å². The maximum absolute atomic E-state index is 9.68. The van der Waals surface area contributed by atoms with Gasteiger partial charge in [-0.1, -0.05) is 30.3 Å². The number of benzene rings is 1. The lowest BCUT2D eigenvalue weighted by Gasteiger charge is -2.42. The van der Waals surface area contributed by atoms with Crippen molar-refractivity contribution in [2.45, 2.75) is 43.8 Å². The Morgan fingerprint density at radius 2 is 1.68 bits per heavy atom. The number of nitriles is 1. The highest BCUT2D eigenvalue weighted by atomic mass is 15.3. The lowest BCUT2D eigenvalue weighted by molar-refractivity contribution is 0.134. The summed E-state index contributed by atoms with van der Waals surface area (Å²) in [5.74, 6) is 0.729. The van der Waals surface area contributed by atoms with E-state index in [0.717, 1.165) is 55.3 Å². The third-order valence-electron chi connectivity index (χ3n) is 6.54. The Balaban J connectivity index is 1.28. The van der Waals surface area contributed by atoms with Crippen molar-refractivity contribution < 1.29 is 0 Å². The van der Waals surface area contributed by atoms with E-state index in [2.05, 4.69) is 31.4 Å². The lowest BCUT2D eigenvalue weighted by Crippen LogP contribution is -2.55. The lowest BCUT2D eigenvalue weighted by atomic mass is 9.97. The third-order valence-corrected chi connectivity index (χ3v) is 6.54. The molecule has 6 heteroatoms. The Labute approximate surface area is 166 Å². The van der Waals surface area contributed by atoms with Crippen LogP contribution in [0.5, 0.6) is 0 Å². The minimum Gasteiger partial charge on any atom is -0.351 e. The molecule has 1 aromatic heterocycles. The number of anilines is 1. The summed E-state index contributed by atoms with van der Waals surface area (Å²) >= 11 is 0. The second-order valence-electron chi connectivity index (χ2n) is 8.23. The molecule has 2 atom stereocenters. The predicted molar refractivity (Wildman–Crippen MR) is 109 cm³/mol. The van der Waals surface area contributed by atoms with Gasteiger partial charge in [0.2, 0.25) is 0 Å². The van der Waals surface area contributed by atoms with Crippen LogP contribution >= 0.6 is 0 Å². The Morgan fingerprint density at radius 3 is 2.36 bits per heavy atom. The van der Waals surface area contributed by atoms with E-state index in [1.54, 1.807) is 0 Å². The van der Waals surface area contributed by atoms with E-state index in [9.17, 15) is 5.26 Å². The third kappa shape index (κ3) is 3.36. The number of hydrogen-bond acceptors (Lipinski definition) is 6. The summed E-state index contributed by atoms with van der Waals surface area (Å²) in [4.78, 5) is 4.88. The molecule has 3 aliphatic heterocycles. The molecule has 3 saturated heterocycles. The molecule has 0 radical (unpaired) electrons. The zero-order valence-corrected chi connectivity index (χ0v) is 16.1. The van der Waals surface area contributed by atoms with Crippen molar-refractivity contribution in [3.05, 3.63) is 42.0 Å². The highest BCUT2D eigenvalue weighted by molar-refractivity contribution is 5.64. The standard InChI is InChI=1S/C22H26N6/c23-15-17-12-21(16-4-2-1-3-5-16)25-26-22(17)28-10-8-27(9-11-28)20-13-18-6-7-19(14-20)24-18/h1-5,12,18-20,24H,6-11,13-14H2. The molecule has 2 unspecified atom stereocenters. The molecular weight excluding hydrogens is 348 g/mol. The number of nitrogens with zero attached hydrogens (tertiary/aromatic N) is 5. The first kappa shape index (κ1) is 17.6. The SMILES string of the molecule is N#Cc1cc(-c2ccccc2)nnc1N1CCN(C2CC3CCC(C2)N3)CC1.